The van der Waals surface area contributed by atoms with Crippen molar-refractivity contribution in [3.63, 3.8) is 0 Å². The number of halogens is 1. The lowest BCUT2D eigenvalue weighted by Gasteiger charge is -2.24. The van der Waals surface area contributed by atoms with Gasteiger partial charge in [0.05, 0.1) is 42.4 Å². The zero-order valence-electron chi connectivity index (χ0n) is 17.9. The van der Waals surface area contributed by atoms with Crippen LogP contribution in [0.2, 0.25) is 0 Å². The molecule has 1 fully saturated rings. The second-order valence-corrected chi connectivity index (χ2v) is 8.79. The molecule has 0 unspecified atom stereocenters. The molecule has 0 saturated carbocycles. The lowest BCUT2D eigenvalue weighted by molar-refractivity contribution is -0.146. The van der Waals surface area contributed by atoms with Gasteiger partial charge >= 0.3 is 12.1 Å². The molecule has 2 atom stereocenters. The van der Waals surface area contributed by atoms with Crippen LogP contribution in [0.3, 0.4) is 0 Å². The molecule has 2 heterocycles. The highest BCUT2D eigenvalue weighted by atomic mass is 19.1. The standard InChI is InChI=1S/C21H28FN3O5/c1-12(2)29-19(27)9-15-14-7-6-13(22)8-16(14)25(23-15)17-10-24(11-18(17)26)20(28)30-21(3,4)5/h6-8,12,17-18,26H,9-11H2,1-5H3/t17-,18-/m0/s1. The van der Waals surface area contributed by atoms with E-state index in [1.165, 1.54) is 21.7 Å². The number of fused-ring (bicyclic) bond motifs is 1. The number of benzene rings is 1. The van der Waals surface area contributed by atoms with E-state index in [2.05, 4.69) is 5.10 Å². The quantitative estimate of drug-likeness (QED) is 0.763. The molecule has 1 aliphatic rings. The molecule has 0 spiro atoms. The van der Waals surface area contributed by atoms with Crippen LogP contribution in [0.15, 0.2) is 18.2 Å². The van der Waals surface area contributed by atoms with Gasteiger partial charge in [-0.05, 0) is 52.8 Å². The first-order chi connectivity index (χ1) is 13.9. The summed E-state index contributed by atoms with van der Waals surface area (Å²) in [5.41, 5.74) is 0.210. The van der Waals surface area contributed by atoms with Crippen LogP contribution in [-0.4, -0.2) is 62.7 Å². The molecule has 8 nitrogen and oxygen atoms in total. The fourth-order valence-electron chi connectivity index (χ4n) is 3.49. The fraction of sp³-hybridized carbons (Fsp3) is 0.571. The molecule has 30 heavy (non-hydrogen) atoms. The number of rotatable bonds is 4. The average Bonchev–Trinajstić information content (AvgIpc) is 3.13. The van der Waals surface area contributed by atoms with E-state index >= 15 is 0 Å². The number of esters is 1. The number of hydrogen-bond donors (Lipinski definition) is 1. The van der Waals surface area contributed by atoms with Gasteiger partial charge in [0.15, 0.2) is 0 Å². The van der Waals surface area contributed by atoms with E-state index in [-0.39, 0.29) is 25.6 Å². The van der Waals surface area contributed by atoms with Crippen LogP contribution in [0.1, 0.15) is 46.4 Å². The maximum absolute atomic E-state index is 14.0. The summed E-state index contributed by atoms with van der Waals surface area (Å²) in [6, 6.07) is 3.56. The molecule has 0 aliphatic carbocycles. The number of amides is 1. The van der Waals surface area contributed by atoms with E-state index in [4.69, 9.17) is 9.47 Å². The van der Waals surface area contributed by atoms with Gasteiger partial charge in [-0.3, -0.25) is 9.48 Å². The Kier molecular flexibility index (Phi) is 6.03. The summed E-state index contributed by atoms with van der Waals surface area (Å²) in [7, 11) is 0. The maximum Gasteiger partial charge on any atom is 0.410 e. The summed E-state index contributed by atoms with van der Waals surface area (Å²) in [5.74, 6) is -0.903. The molecule has 2 aromatic rings. The molecule has 1 saturated heterocycles. The molecule has 9 heteroatoms. The third-order valence-corrected chi connectivity index (χ3v) is 4.65. The number of carbonyl (C=O) groups is 2. The summed E-state index contributed by atoms with van der Waals surface area (Å²) in [4.78, 5) is 25.9. The first-order valence-corrected chi connectivity index (χ1v) is 9.96. The molecule has 0 bridgehead atoms. The van der Waals surface area contributed by atoms with Gasteiger partial charge in [-0.2, -0.15) is 5.10 Å². The monoisotopic (exact) mass is 421 g/mol. The number of ether oxygens (including phenoxy) is 2. The summed E-state index contributed by atoms with van der Waals surface area (Å²) >= 11 is 0. The Balaban J connectivity index is 1.90. The summed E-state index contributed by atoms with van der Waals surface area (Å²) in [5, 5.41) is 15.7. The molecule has 164 valence electrons. The second-order valence-electron chi connectivity index (χ2n) is 8.79. The van der Waals surface area contributed by atoms with Gasteiger partial charge in [0.2, 0.25) is 0 Å². The van der Waals surface area contributed by atoms with Crippen molar-refractivity contribution in [1.29, 1.82) is 0 Å². The van der Waals surface area contributed by atoms with Crippen LogP contribution in [-0.2, 0) is 20.7 Å². The largest absolute Gasteiger partial charge is 0.463 e. The maximum atomic E-state index is 14.0. The molecule has 1 N–H and O–H groups in total. The summed E-state index contributed by atoms with van der Waals surface area (Å²) in [6.45, 7) is 9.03. The Morgan fingerprint density at radius 3 is 2.63 bits per heavy atom. The van der Waals surface area contributed by atoms with Gasteiger partial charge in [-0.15, -0.1) is 0 Å². The van der Waals surface area contributed by atoms with E-state index < -0.39 is 35.6 Å². The molecular weight excluding hydrogens is 393 g/mol. The third kappa shape index (κ3) is 4.89. The summed E-state index contributed by atoms with van der Waals surface area (Å²) in [6.07, 6.45) is -1.79. The Hall–Kier alpha value is -2.68. The molecule has 1 aliphatic heterocycles. The zero-order valence-corrected chi connectivity index (χ0v) is 17.9. The Morgan fingerprint density at radius 1 is 1.30 bits per heavy atom. The fourth-order valence-corrected chi connectivity index (χ4v) is 3.49. The number of carbonyl (C=O) groups excluding carboxylic acids is 2. The number of aromatic nitrogens is 2. The molecule has 0 radical (unpaired) electrons. The van der Waals surface area contributed by atoms with Crippen LogP contribution in [0, 0.1) is 5.82 Å². The van der Waals surface area contributed by atoms with E-state index in [9.17, 15) is 19.1 Å². The SMILES string of the molecule is CC(C)OC(=O)Cc1nn([C@H]2CN(C(=O)OC(C)(C)C)C[C@@H]2O)c2cc(F)ccc12. The van der Waals surface area contributed by atoms with Gasteiger partial charge in [0.1, 0.15) is 11.4 Å². The van der Waals surface area contributed by atoms with Crippen LogP contribution in [0.4, 0.5) is 9.18 Å². The minimum atomic E-state index is -0.917. The Labute approximate surface area is 174 Å². The van der Waals surface area contributed by atoms with Crippen molar-refractivity contribution < 1.29 is 28.6 Å². The normalized spacial score (nSPS) is 19.5. The molecule has 1 aromatic heterocycles. The van der Waals surface area contributed by atoms with Gasteiger partial charge in [-0.25, -0.2) is 9.18 Å². The van der Waals surface area contributed by atoms with Crippen molar-refractivity contribution in [2.45, 2.75) is 64.9 Å². The summed E-state index contributed by atoms with van der Waals surface area (Å²) < 4.78 is 26.0. The smallest absolute Gasteiger partial charge is 0.410 e. The first kappa shape index (κ1) is 22.0. The van der Waals surface area contributed by atoms with Crippen LogP contribution in [0.5, 0.6) is 0 Å². The molecule has 3 rings (SSSR count). The van der Waals surface area contributed by atoms with Crippen molar-refractivity contribution in [2.24, 2.45) is 0 Å². The van der Waals surface area contributed by atoms with E-state index in [1.54, 1.807) is 40.7 Å². The van der Waals surface area contributed by atoms with E-state index in [1.807, 2.05) is 0 Å². The minimum Gasteiger partial charge on any atom is -0.463 e. The van der Waals surface area contributed by atoms with Crippen LogP contribution >= 0.6 is 0 Å². The molecule has 1 amide bonds. The molecular formula is C21H28FN3O5. The van der Waals surface area contributed by atoms with E-state index in [0.29, 0.717) is 16.6 Å². The van der Waals surface area contributed by atoms with Crippen LogP contribution < -0.4 is 0 Å². The predicted molar refractivity (Wildman–Crippen MR) is 107 cm³/mol. The highest BCUT2D eigenvalue weighted by Gasteiger charge is 2.38. The van der Waals surface area contributed by atoms with Gasteiger partial charge in [-0.1, -0.05) is 0 Å². The van der Waals surface area contributed by atoms with Crippen molar-refractivity contribution in [1.82, 2.24) is 14.7 Å². The topological polar surface area (TPSA) is 93.9 Å². The van der Waals surface area contributed by atoms with Crippen molar-refractivity contribution >= 4 is 23.0 Å². The van der Waals surface area contributed by atoms with Gasteiger partial charge < -0.3 is 19.5 Å². The Morgan fingerprint density at radius 2 is 2.00 bits per heavy atom. The number of hydrogen-bond acceptors (Lipinski definition) is 6. The lowest BCUT2D eigenvalue weighted by Crippen LogP contribution is -2.35. The Bertz CT molecular complexity index is 950. The molecule has 1 aromatic carbocycles. The van der Waals surface area contributed by atoms with E-state index in [0.717, 1.165) is 0 Å². The first-order valence-electron chi connectivity index (χ1n) is 9.96. The lowest BCUT2D eigenvalue weighted by atomic mass is 10.1. The highest BCUT2D eigenvalue weighted by molar-refractivity contribution is 5.86. The minimum absolute atomic E-state index is 0.0704. The number of nitrogens with zero attached hydrogens (tertiary/aromatic N) is 3. The highest BCUT2D eigenvalue weighted by Crippen LogP contribution is 2.30. The van der Waals surface area contributed by atoms with Crippen molar-refractivity contribution in [3.05, 3.63) is 29.7 Å². The van der Waals surface area contributed by atoms with Gasteiger partial charge in [0, 0.05) is 11.9 Å². The van der Waals surface area contributed by atoms with Crippen LogP contribution in [0.25, 0.3) is 10.9 Å². The number of aliphatic hydroxyl groups excluding tert-OH is 1. The van der Waals surface area contributed by atoms with Crippen molar-refractivity contribution in [3.8, 4) is 0 Å². The van der Waals surface area contributed by atoms with Crippen molar-refractivity contribution in [2.75, 3.05) is 13.1 Å². The second kappa shape index (κ2) is 8.22. The number of β-amino-alcohol motifs (C(OH)–C–C–N with tert-alkyl or cyclic N) is 1. The zero-order chi connectivity index (χ0) is 22.2. The average molecular weight is 421 g/mol. The van der Waals surface area contributed by atoms with Gasteiger partial charge in [0.25, 0.3) is 0 Å². The predicted octanol–water partition coefficient (Wildman–Crippen LogP) is 2.82. The third-order valence-electron chi connectivity index (χ3n) is 4.65. The number of aliphatic hydroxyl groups is 1. The number of likely N-dealkylation sites (tertiary alicyclic amines) is 1.